The fourth-order valence-electron chi connectivity index (χ4n) is 3.18. The van der Waals surface area contributed by atoms with Crippen LogP contribution in [0.5, 0.6) is 0 Å². The maximum absolute atomic E-state index is 12.9. The summed E-state index contributed by atoms with van der Waals surface area (Å²) in [6, 6.07) is 5.73. The lowest BCUT2D eigenvalue weighted by Gasteiger charge is -2.13. The molecule has 3 aromatic rings. The molecule has 7 heteroatoms. The quantitative estimate of drug-likeness (QED) is 0.762. The number of fused-ring (bicyclic) bond motifs is 1. The van der Waals surface area contributed by atoms with Crippen molar-refractivity contribution in [2.24, 2.45) is 0 Å². The Morgan fingerprint density at radius 3 is 3.04 bits per heavy atom. The summed E-state index contributed by atoms with van der Waals surface area (Å²) in [6.07, 6.45) is 4.26. The maximum atomic E-state index is 12.9. The fraction of sp³-hybridized carbons (Fsp3) is 0.389. The topological polar surface area (TPSA) is 85.0 Å². The van der Waals surface area contributed by atoms with Crippen LogP contribution in [0.25, 0.3) is 22.5 Å². The molecule has 4 rings (SSSR count). The third kappa shape index (κ3) is 2.91. The lowest BCUT2D eigenvalue weighted by Crippen LogP contribution is -2.36. The molecule has 0 saturated carbocycles. The van der Waals surface area contributed by atoms with Crippen LogP contribution in [0, 0.1) is 0 Å². The van der Waals surface area contributed by atoms with Gasteiger partial charge in [0.15, 0.2) is 11.4 Å². The van der Waals surface area contributed by atoms with Crippen LogP contribution >= 0.6 is 0 Å². The molecule has 0 radical (unpaired) electrons. The molecule has 0 spiro atoms. The second-order valence-corrected chi connectivity index (χ2v) is 6.62. The van der Waals surface area contributed by atoms with Crippen LogP contribution in [0.3, 0.4) is 0 Å². The van der Waals surface area contributed by atoms with Crippen LogP contribution in [-0.4, -0.2) is 39.8 Å². The second-order valence-electron chi connectivity index (χ2n) is 6.62. The highest BCUT2D eigenvalue weighted by atomic mass is 16.3. The molecule has 1 saturated heterocycles. The van der Waals surface area contributed by atoms with Crippen LogP contribution in [-0.2, 0) is 0 Å². The summed E-state index contributed by atoms with van der Waals surface area (Å²) >= 11 is 0. The monoisotopic (exact) mass is 339 g/mol. The van der Waals surface area contributed by atoms with E-state index in [0.29, 0.717) is 22.7 Å². The van der Waals surface area contributed by atoms with E-state index in [1.54, 1.807) is 18.5 Å². The van der Waals surface area contributed by atoms with Crippen molar-refractivity contribution in [1.29, 1.82) is 0 Å². The summed E-state index contributed by atoms with van der Waals surface area (Å²) in [5.74, 6) is 0.534. The molecule has 0 aliphatic carbocycles. The van der Waals surface area contributed by atoms with Gasteiger partial charge in [-0.1, -0.05) is 0 Å². The zero-order valence-electron chi connectivity index (χ0n) is 14.3. The predicted octanol–water partition coefficient (Wildman–Crippen LogP) is 2.36. The van der Waals surface area contributed by atoms with Gasteiger partial charge in [-0.15, -0.1) is 0 Å². The molecule has 0 bridgehead atoms. The number of pyridine rings is 1. The van der Waals surface area contributed by atoms with E-state index in [1.807, 2.05) is 30.7 Å². The van der Waals surface area contributed by atoms with Crippen molar-refractivity contribution in [3.8, 4) is 11.5 Å². The van der Waals surface area contributed by atoms with Crippen molar-refractivity contribution in [2.75, 3.05) is 13.1 Å². The first-order valence-corrected chi connectivity index (χ1v) is 8.57. The lowest BCUT2D eigenvalue weighted by atomic mass is 10.1. The number of furan rings is 1. The highest BCUT2D eigenvalue weighted by molar-refractivity contribution is 6.06. The summed E-state index contributed by atoms with van der Waals surface area (Å²) in [6.45, 7) is 5.81. The average molecular weight is 339 g/mol. The molecule has 1 unspecified atom stereocenters. The standard InChI is InChI=1S/C18H21N5O2/c1-11(2)23-17-14(10-20-23)13(18(24)21-12-5-6-19-9-12)8-15(22-17)16-4-3-7-25-16/h3-4,7-8,10-12,19H,5-6,9H2,1-2H3,(H,21,24). The average Bonchev–Trinajstić information content (AvgIpc) is 3.34. The molecular formula is C18H21N5O2. The number of amides is 1. The molecular weight excluding hydrogens is 318 g/mol. The molecule has 25 heavy (non-hydrogen) atoms. The zero-order chi connectivity index (χ0) is 17.4. The Bertz CT molecular complexity index is 892. The normalized spacial score (nSPS) is 17.5. The predicted molar refractivity (Wildman–Crippen MR) is 94.4 cm³/mol. The van der Waals surface area contributed by atoms with Gasteiger partial charge in [-0.2, -0.15) is 5.10 Å². The first-order chi connectivity index (χ1) is 12.1. The van der Waals surface area contributed by atoms with Gasteiger partial charge in [0.1, 0.15) is 5.69 Å². The zero-order valence-corrected chi connectivity index (χ0v) is 14.3. The second kappa shape index (κ2) is 6.33. The van der Waals surface area contributed by atoms with Gasteiger partial charge in [0.2, 0.25) is 0 Å². The van der Waals surface area contributed by atoms with Crippen molar-refractivity contribution in [3.05, 3.63) is 36.2 Å². The molecule has 1 fully saturated rings. The Hall–Kier alpha value is -2.67. The van der Waals surface area contributed by atoms with Gasteiger partial charge in [0.05, 0.1) is 23.4 Å². The summed E-state index contributed by atoms with van der Waals surface area (Å²) in [7, 11) is 0. The molecule has 130 valence electrons. The number of nitrogens with zero attached hydrogens (tertiary/aromatic N) is 3. The van der Waals surface area contributed by atoms with Gasteiger partial charge in [-0.05, 0) is 45.0 Å². The van der Waals surface area contributed by atoms with Crippen molar-refractivity contribution in [3.63, 3.8) is 0 Å². The fourth-order valence-corrected chi connectivity index (χ4v) is 3.18. The van der Waals surface area contributed by atoms with Gasteiger partial charge in [0.25, 0.3) is 5.91 Å². The van der Waals surface area contributed by atoms with Crippen LogP contribution in [0.15, 0.2) is 35.1 Å². The van der Waals surface area contributed by atoms with Crippen LogP contribution < -0.4 is 10.6 Å². The van der Waals surface area contributed by atoms with Gasteiger partial charge >= 0.3 is 0 Å². The molecule has 0 aromatic carbocycles. The third-order valence-corrected chi connectivity index (χ3v) is 4.47. The highest BCUT2D eigenvalue weighted by Crippen LogP contribution is 2.26. The first kappa shape index (κ1) is 15.8. The van der Waals surface area contributed by atoms with E-state index in [1.165, 1.54) is 0 Å². The summed E-state index contributed by atoms with van der Waals surface area (Å²) in [4.78, 5) is 17.6. The molecule has 3 aromatic heterocycles. The van der Waals surface area contributed by atoms with Crippen molar-refractivity contribution < 1.29 is 9.21 Å². The summed E-state index contributed by atoms with van der Waals surface area (Å²) in [5.41, 5.74) is 1.91. The van der Waals surface area contributed by atoms with Crippen LogP contribution in [0.2, 0.25) is 0 Å². The summed E-state index contributed by atoms with van der Waals surface area (Å²) in [5, 5.41) is 11.5. The highest BCUT2D eigenvalue weighted by Gasteiger charge is 2.22. The molecule has 1 atom stereocenters. The van der Waals surface area contributed by atoms with Crippen molar-refractivity contribution in [2.45, 2.75) is 32.4 Å². The van der Waals surface area contributed by atoms with Crippen molar-refractivity contribution in [1.82, 2.24) is 25.4 Å². The molecule has 1 amide bonds. The van der Waals surface area contributed by atoms with E-state index in [0.717, 1.165) is 24.9 Å². The third-order valence-electron chi connectivity index (χ3n) is 4.47. The lowest BCUT2D eigenvalue weighted by molar-refractivity contribution is 0.0941. The minimum atomic E-state index is -0.0998. The number of carbonyl (C=O) groups is 1. The number of hydrogen-bond donors (Lipinski definition) is 2. The van der Waals surface area contributed by atoms with E-state index < -0.39 is 0 Å². The Labute approximate surface area is 145 Å². The van der Waals surface area contributed by atoms with Gasteiger partial charge in [-0.25, -0.2) is 9.67 Å². The van der Waals surface area contributed by atoms with Crippen LogP contribution in [0.1, 0.15) is 36.7 Å². The maximum Gasteiger partial charge on any atom is 0.252 e. The minimum absolute atomic E-state index is 0.0998. The number of hydrogen-bond acceptors (Lipinski definition) is 5. The number of aromatic nitrogens is 3. The molecule has 7 nitrogen and oxygen atoms in total. The molecule has 2 N–H and O–H groups in total. The van der Waals surface area contributed by atoms with Crippen molar-refractivity contribution >= 4 is 16.9 Å². The molecule has 4 heterocycles. The summed E-state index contributed by atoms with van der Waals surface area (Å²) < 4.78 is 7.31. The SMILES string of the molecule is CC(C)n1ncc2c(C(=O)NC3CCNC3)cc(-c3ccco3)nc21. The van der Waals surface area contributed by atoms with E-state index in [4.69, 9.17) is 4.42 Å². The van der Waals surface area contributed by atoms with Gasteiger partial charge < -0.3 is 15.1 Å². The van der Waals surface area contributed by atoms with E-state index in [2.05, 4.69) is 20.7 Å². The smallest absolute Gasteiger partial charge is 0.252 e. The van der Waals surface area contributed by atoms with E-state index in [-0.39, 0.29) is 18.0 Å². The number of rotatable bonds is 4. The number of carbonyl (C=O) groups excluding carboxylic acids is 1. The van der Waals surface area contributed by atoms with E-state index in [9.17, 15) is 4.79 Å². The molecule has 1 aliphatic rings. The Morgan fingerprint density at radius 2 is 2.36 bits per heavy atom. The Kier molecular flexibility index (Phi) is 4.01. The van der Waals surface area contributed by atoms with E-state index >= 15 is 0 Å². The number of nitrogens with one attached hydrogen (secondary N) is 2. The largest absolute Gasteiger partial charge is 0.463 e. The minimum Gasteiger partial charge on any atom is -0.463 e. The van der Waals surface area contributed by atoms with Gasteiger partial charge in [-0.3, -0.25) is 4.79 Å². The Balaban J connectivity index is 1.82. The first-order valence-electron chi connectivity index (χ1n) is 8.57. The van der Waals surface area contributed by atoms with Gasteiger partial charge in [0, 0.05) is 18.6 Å². The molecule has 1 aliphatic heterocycles. The van der Waals surface area contributed by atoms with Crippen LogP contribution in [0.4, 0.5) is 0 Å². The Morgan fingerprint density at radius 1 is 1.48 bits per heavy atom.